The zero-order chi connectivity index (χ0) is 22.5. The molecule has 2 saturated heterocycles. The van der Waals surface area contributed by atoms with Gasteiger partial charge in [0.15, 0.2) is 0 Å². The molecular formula is C23H20F3N3O2S. The van der Waals surface area contributed by atoms with Crippen molar-refractivity contribution in [3.63, 3.8) is 0 Å². The van der Waals surface area contributed by atoms with E-state index in [4.69, 9.17) is 10.00 Å². The highest BCUT2D eigenvalue weighted by molar-refractivity contribution is 7.83. The number of alkyl halides is 3. The molecule has 5 nitrogen and oxygen atoms in total. The first kappa shape index (κ1) is 21.0. The van der Waals surface area contributed by atoms with Gasteiger partial charge in [0.25, 0.3) is 0 Å². The van der Waals surface area contributed by atoms with Crippen LogP contribution in [0.3, 0.4) is 0 Å². The van der Waals surface area contributed by atoms with Gasteiger partial charge in [-0.05, 0) is 61.6 Å². The average molecular weight is 459 g/mol. The van der Waals surface area contributed by atoms with Gasteiger partial charge in [0, 0.05) is 12.6 Å². The van der Waals surface area contributed by atoms with E-state index in [0.717, 1.165) is 61.8 Å². The number of ether oxygens (including phenoxy) is 1. The van der Waals surface area contributed by atoms with Crippen LogP contribution in [0.1, 0.15) is 42.4 Å². The Balaban J connectivity index is 1.47. The summed E-state index contributed by atoms with van der Waals surface area (Å²) in [6.07, 6.45) is -0.694. The highest BCUT2D eigenvalue weighted by Crippen LogP contribution is 2.49. The maximum atomic E-state index is 13.4. The number of fused-ring (bicyclic) bond motifs is 2. The lowest BCUT2D eigenvalue weighted by Gasteiger charge is -2.55. The van der Waals surface area contributed by atoms with Crippen LogP contribution in [0.5, 0.6) is 11.5 Å². The fourth-order valence-electron chi connectivity index (χ4n) is 5.12. The van der Waals surface area contributed by atoms with Crippen LogP contribution in [0, 0.1) is 11.3 Å². The summed E-state index contributed by atoms with van der Waals surface area (Å²) in [5.41, 5.74) is -0.154. The third kappa shape index (κ3) is 3.47. The third-order valence-corrected chi connectivity index (χ3v) is 7.60. The van der Waals surface area contributed by atoms with E-state index in [1.54, 1.807) is 12.1 Å². The first-order chi connectivity index (χ1) is 15.3. The summed E-state index contributed by atoms with van der Waals surface area (Å²) in [5.74, 6) is 1.28. The SMILES string of the molecule is N#Cc1ccc(C(F)(F)F)c(Oc2ccc(C34CCC(CC3)N3CCS(=O)N=C34)cc2)c1. The summed E-state index contributed by atoms with van der Waals surface area (Å²) in [6.45, 7) is 0.745. The van der Waals surface area contributed by atoms with Crippen molar-refractivity contribution in [1.29, 1.82) is 5.26 Å². The number of hydrogen-bond donors (Lipinski definition) is 0. The van der Waals surface area contributed by atoms with Gasteiger partial charge in [-0.1, -0.05) is 12.1 Å². The molecule has 2 aromatic rings. The minimum Gasteiger partial charge on any atom is -0.457 e. The molecule has 32 heavy (non-hydrogen) atoms. The molecule has 3 heterocycles. The van der Waals surface area contributed by atoms with Gasteiger partial charge in [-0.2, -0.15) is 22.8 Å². The van der Waals surface area contributed by atoms with Crippen LogP contribution in [-0.2, 0) is 22.6 Å². The Bertz CT molecular complexity index is 1150. The number of hydrogen-bond acceptors (Lipinski definition) is 4. The van der Waals surface area contributed by atoms with Crippen molar-refractivity contribution in [3.8, 4) is 17.6 Å². The Morgan fingerprint density at radius 3 is 2.53 bits per heavy atom. The Labute approximate surface area is 186 Å². The van der Waals surface area contributed by atoms with Crippen molar-refractivity contribution in [2.45, 2.75) is 43.3 Å². The van der Waals surface area contributed by atoms with E-state index < -0.39 is 28.5 Å². The molecule has 0 amide bonds. The molecule has 166 valence electrons. The quantitative estimate of drug-likeness (QED) is 0.652. The molecule has 2 bridgehead atoms. The molecule has 0 radical (unpaired) electrons. The summed E-state index contributed by atoms with van der Waals surface area (Å²) >= 11 is 0. The first-order valence-corrected chi connectivity index (χ1v) is 11.7. The van der Waals surface area contributed by atoms with E-state index in [1.165, 1.54) is 0 Å². The van der Waals surface area contributed by atoms with Crippen LogP contribution in [0.2, 0.25) is 0 Å². The lowest BCUT2D eigenvalue weighted by Crippen LogP contribution is -2.62. The van der Waals surface area contributed by atoms with Gasteiger partial charge in [0.05, 0.1) is 28.4 Å². The Morgan fingerprint density at radius 1 is 1.16 bits per heavy atom. The molecule has 2 aromatic carbocycles. The van der Waals surface area contributed by atoms with Crippen LogP contribution < -0.4 is 4.74 Å². The third-order valence-electron chi connectivity index (χ3n) is 6.70. The van der Waals surface area contributed by atoms with Crippen molar-refractivity contribution < 1.29 is 22.1 Å². The summed E-state index contributed by atoms with van der Waals surface area (Å²) in [7, 11) is -1.22. The molecule has 0 aromatic heterocycles. The number of amidine groups is 1. The molecule has 3 fully saturated rings. The van der Waals surface area contributed by atoms with Crippen molar-refractivity contribution in [3.05, 3.63) is 59.2 Å². The topological polar surface area (TPSA) is 65.7 Å². The summed E-state index contributed by atoms with van der Waals surface area (Å²) in [5, 5.41) is 9.05. The van der Waals surface area contributed by atoms with Crippen LogP contribution >= 0.6 is 0 Å². The molecular weight excluding hydrogens is 439 g/mol. The summed E-state index contributed by atoms with van der Waals surface area (Å²) < 4.78 is 62.4. The van der Waals surface area contributed by atoms with Gasteiger partial charge < -0.3 is 9.64 Å². The number of nitrogens with zero attached hydrogens (tertiary/aromatic N) is 3. The number of halogens is 3. The standard InChI is InChI=1S/C23H20F3N3O2S/c24-23(25,26)19-6-1-15(14-27)13-20(19)31-18-4-2-16(3-5-18)22-9-7-17(8-10-22)29-11-12-32(30)28-21(22)29/h1-6,13,17H,7-12H2. The van der Waals surface area contributed by atoms with Gasteiger partial charge in [-0.25, -0.2) is 4.21 Å². The average Bonchev–Trinajstić information content (AvgIpc) is 2.79. The molecule has 0 spiro atoms. The second kappa shape index (κ2) is 7.62. The fraction of sp³-hybridized carbons (Fsp3) is 0.391. The van der Waals surface area contributed by atoms with Crippen molar-refractivity contribution >= 4 is 16.8 Å². The zero-order valence-corrected chi connectivity index (χ0v) is 17.9. The van der Waals surface area contributed by atoms with Gasteiger partial charge >= 0.3 is 6.18 Å². The van der Waals surface area contributed by atoms with Crippen LogP contribution in [0.4, 0.5) is 13.2 Å². The molecule has 0 N–H and O–H groups in total. The highest BCUT2D eigenvalue weighted by atomic mass is 32.2. The van der Waals surface area contributed by atoms with Gasteiger partial charge in [-0.15, -0.1) is 0 Å². The van der Waals surface area contributed by atoms with Crippen LogP contribution in [0.25, 0.3) is 0 Å². The number of rotatable bonds is 3. The number of piperidine rings is 2. The van der Waals surface area contributed by atoms with Crippen molar-refractivity contribution in [2.75, 3.05) is 12.3 Å². The summed E-state index contributed by atoms with van der Waals surface area (Å²) in [4.78, 5) is 2.29. The maximum absolute atomic E-state index is 13.4. The maximum Gasteiger partial charge on any atom is 0.419 e. The fourth-order valence-corrected chi connectivity index (χ4v) is 6.04. The van der Waals surface area contributed by atoms with Gasteiger partial charge in [-0.3, -0.25) is 0 Å². The second-order valence-corrected chi connectivity index (χ2v) is 9.63. The van der Waals surface area contributed by atoms with Gasteiger partial charge in [0.1, 0.15) is 28.3 Å². The molecule has 9 heteroatoms. The predicted octanol–water partition coefficient (Wildman–Crippen LogP) is 4.94. The van der Waals surface area contributed by atoms with E-state index >= 15 is 0 Å². The smallest absolute Gasteiger partial charge is 0.419 e. The Kier molecular flexibility index (Phi) is 5.01. The van der Waals surface area contributed by atoms with Crippen LogP contribution in [0.15, 0.2) is 46.9 Å². The molecule has 4 aliphatic rings. The number of nitriles is 1. The molecule has 1 saturated carbocycles. The lowest BCUT2D eigenvalue weighted by atomic mass is 9.63. The van der Waals surface area contributed by atoms with E-state index in [0.29, 0.717) is 11.8 Å². The minimum atomic E-state index is -4.60. The normalized spacial score (nSPS) is 26.8. The van der Waals surface area contributed by atoms with E-state index in [-0.39, 0.29) is 16.7 Å². The zero-order valence-electron chi connectivity index (χ0n) is 17.1. The minimum absolute atomic E-state index is 0.0888. The predicted molar refractivity (Wildman–Crippen MR) is 114 cm³/mol. The number of benzene rings is 2. The van der Waals surface area contributed by atoms with E-state index in [2.05, 4.69) is 9.30 Å². The van der Waals surface area contributed by atoms with Crippen molar-refractivity contribution in [1.82, 2.24) is 4.90 Å². The molecule has 6 rings (SSSR count). The Hall–Kier alpha value is -2.86. The van der Waals surface area contributed by atoms with Gasteiger partial charge in [0.2, 0.25) is 0 Å². The monoisotopic (exact) mass is 459 g/mol. The molecule has 1 aliphatic carbocycles. The second-order valence-electron chi connectivity index (χ2n) is 8.39. The van der Waals surface area contributed by atoms with E-state index in [9.17, 15) is 17.4 Å². The molecule has 1 unspecified atom stereocenters. The molecule has 3 aliphatic heterocycles. The van der Waals surface area contributed by atoms with E-state index in [1.807, 2.05) is 18.2 Å². The highest BCUT2D eigenvalue weighted by Gasteiger charge is 2.51. The lowest BCUT2D eigenvalue weighted by molar-refractivity contribution is -0.138. The van der Waals surface area contributed by atoms with Crippen LogP contribution in [-0.4, -0.2) is 33.3 Å². The largest absolute Gasteiger partial charge is 0.457 e. The Morgan fingerprint density at radius 2 is 1.88 bits per heavy atom. The first-order valence-electron chi connectivity index (χ1n) is 10.4. The summed E-state index contributed by atoms with van der Waals surface area (Å²) in [6, 6.07) is 12.4. The van der Waals surface area contributed by atoms with Crippen molar-refractivity contribution in [2.24, 2.45) is 4.40 Å². The molecule has 1 atom stereocenters.